The highest BCUT2D eigenvalue weighted by molar-refractivity contribution is 5.15. The number of rotatable bonds is 5. The van der Waals surface area contributed by atoms with Gasteiger partial charge in [0.15, 0.2) is 0 Å². The third kappa shape index (κ3) is 4.11. The van der Waals surface area contributed by atoms with Crippen LogP contribution in [0.1, 0.15) is 24.8 Å². The third-order valence-electron chi connectivity index (χ3n) is 3.55. The molecule has 1 saturated heterocycles. The van der Waals surface area contributed by atoms with Crippen LogP contribution in [0.25, 0.3) is 0 Å². The standard InChI is InChI=1S/C14H22N2O/c15-17-9-7-14-11-13(6-8-16-14)10-12-4-2-1-3-5-12/h1-5,13-14,16H,6-11,15H2. The maximum Gasteiger partial charge on any atom is 0.0694 e. The Labute approximate surface area is 103 Å². The second kappa shape index (κ2) is 6.74. The maximum absolute atomic E-state index is 5.08. The van der Waals surface area contributed by atoms with Crippen molar-refractivity contribution in [2.45, 2.75) is 31.7 Å². The zero-order valence-corrected chi connectivity index (χ0v) is 10.3. The van der Waals surface area contributed by atoms with Crippen molar-refractivity contribution in [2.24, 2.45) is 11.8 Å². The fourth-order valence-electron chi connectivity index (χ4n) is 2.66. The molecule has 0 aromatic heterocycles. The summed E-state index contributed by atoms with van der Waals surface area (Å²) in [7, 11) is 0. The average Bonchev–Trinajstić information content (AvgIpc) is 2.38. The van der Waals surface area contributed by atoms with Crippen molar-refractivity contribution in [3.63, 3.8) is 0 Å². The lowest BCUT2D eigenvalue weighted by atomic mass is 9.86. The van der Waals surface area contributed by atoms with Gasteiger partial charge in [-0.25, -0.2) is 5.90 Å². The quantitative estimate of drug-likeness (QED) is 0.765. The van der Waals surface area contributed by atoms with Crippen LogP contribution in [0.3, 0.4) is 0 Å². The highest BCUT2D eigenvalue weighted by Gasteiger charge is 2.21. The molecule has 1 aliphatic rings. The minimum absolute atomic E-state index is 0.570. The zero-order valence-electron chi connectivity index (χ0n) is 10.3. The van der Waals surface area contributed by atoms with Gasteiger partial charge in [-0.2, -0.15) is 0 Å². The molecule has 17 heavy (non-hydrogen) atoms. The Hall–Kier alpha value is -0.900. The second-order valence-electron chi connectivity index (χ2n) is 4.89. The molecule has 0 bridgehead atoms. The molecule has 1 aromatic carbocycles. The monoisotopic (exact) mass is 234 g/mol. The molecule has 3 heteroatoms. The minimum Gasteiger partial charge on any atom is -0.314 e. The molecule has 3 N–H and O–H groups in total. The van der Waals surface area contributed by atoms with E-state index in [1.165, 1.54) is 24.8 Å². The first-order valence-electron chi connectivity index (χ1n) is 6.47. The summed E-state index contributed by atoms with van der Waals surface area (Å²) in [6.07, 6.45) is 4.72. The molecule has 0 amide bonds. The SMILES string of the molecule is NOCCC1CC(Cc2ccccc2)CCN1. The summed E-state index contributed by atoms with van der Waals surface area (Å²) in [6, 6.07) is 11.3. The van der Waals surface area contributed by atoms with E-state index in [-0.39, 0.29) is 0 Å². The number of nitrogens with two attached hydrogens (primary N) is 1. The van der Waals surface area contributed by atoms with Gasteiger partial charge < -0.3 is 10.2 Å². The number of benzene rings is 1. The highest BCUT2D eigenvalue weighted by Crippen LogP contribution is 2.22. The molecule has 3 nitrogen and oxygen atoms in total. The molecule has 1 aromatic rings. The van der Waals surface area contributed by atoms with Gasteiger partial charge in [0.25, 0.3) is 0 Å². The van der Waals surface area contributed by atoms with Gasteiger partial charge in [-0.15, -0.1) is 0 Å². The fraction of sp³-hybridized carbons (Fsp3) is 0.571. The van der Waals surface area contributed by atoms with E-state index in [0.29, 0.717) is 12.6 Å². The minimum atomic E-state index is 0.570. The Morgan fingerprint density at radius 3 is 2.88 bits per heavy atom. The van der Waals surface area contributed by atoms with Gasteiger partial charge in [-0.05, 0) is 43.7 Å². The number of piperidine rings is 1. The van der Waals surface area contributed by atoms with Gasteiger partial charge in [-0.3, -0.25) is 0 Å². The molecule has 2 unspecified atom stereocenters. The first-order chi connectivity index (χ1) is 8.38. The summed E-state index contributed by atoms with van der Waals surface area (Å²) in [6.45, 7) is 1.77. The molecule has 0 radical (unpaired) electrons. The lowest BCUT2D eigenvalue weighted by molar-refractivity contribution is 0.119. The number of hydrogen-bond donors (Lipinski definition) is 2. The summed E-state index contributed by atoms with van der Waals surface area (Å²) in [5, 5.41) is 3.53. The summed E-state index contributed by atoms with van der Waals surface area (Å²) in [5.41, 5.74) is 1.45. The lowest BCUT2D eigenvalue weighted by Crippen LogP contribution is -2.39. The predicted octanol–water partition coefficient (Wildman–Crippen LogP) is 1.88. The van der Waals surface area contributed by atoms with E-state index in [0.717, 1.165) is 18.9 Å². The first-order valence-corrected chi connectivity index (χ1v) is 6.47. The molecule has 2 rings (SSSR count). The van der Waals surface area contributed by atoms with E-state index >= 15 is 0 Å². The topological polar surface area (TPSA) is 47.3 Å². The number of nitrogens with one attached hydrogen (secondary N) is 1. The molecule has 1 fully saturated rings. The zero-order chi connectivity index (χ0) is 11.9. The van der Waals surface area contributed by atoms with Gasteiger partial charge in [0, 0.05) is 6.04 Å². The summed E-state index contributed by atoms with van der Waals surface area (Å²) in [4.78, 5) is 4.66. The van der Waals surface area contributed by atoms with Crippen molar-refractivity contribution in [3.05, 3.63) is 35.9 Å². The Kier molecular flexibility index (Phi) is 4.98. The van der Waals surface area contributed by atoms with Crippen LogP contribution in [0.15, 0.2) is 30.3 Å². The summed E-state index contributed by atoms with van der Waals surface area (Å²) in [5.74, 6) is 5.87. The summed E-state index contributed by atoms with van der Waals surface area (Å²) < 4.78 is 0. The maximum atomic E-state index is 5.08. The van der Waals surface area contributed by atoms with Crippen LogP contribution in [0.2, 0.25) is 0 Å². The molecule has 0 saturated carbocycles. The van der Waals surface area contributed by atoms with Crippen LogP contribution in [-0.4, -0.2) is 19.2 Å². The van der Waals surface area contributed by atoms with E-state index in [9.17, 15) is 0 Å². The molecule has 2 atom stereocenters. The highest BCUT2D eigenvalue weighted by atomic mass is 16.6. The van der Waals surface area contributed by atoms with Gasteiger partial charge >= 0.3 is 0 Å². The van der Waals surface area contributed by atoms with Crippen LogP contribution in [0.5, 0.6) is 0 Å². The van der Waals surface area contributed by atoms with Gasteiger partial charge in [0.1, 0.15) is 0 Å². The van der Waals surface area contributed by atoms with Crippen molar-refractivity contribution < 1.29 is 4.84 Å². The normalized spacial score (nSPS) is 24.8. The molecule has 1 heterocycles. The second-order valence-corrected chi connectivity index (χ2v) is 4.89. The average molecular weight is 234 g/mol. The van der Waals surface area contributed by atoms with E-state index in [4.69, 9.17) is 5.90 Å². The third-order valence-corrected chi connectivity index (χ3v) is 3.55. The van der Waals surface area contributed by atoms with E-state index < -0.39 is 0 Å². The molecule has 0 aliphatic carbocycles. The smallest absolute Gasteiger partial charge is 0.0694 e. The van der Waals surface area contributed by atoms with E-state index in [2.05, 4.69) is 40.5 Å². The van der Waals surface area contributed by atoms with Crippen molar-refractivity contribution >= 4 is 0 Å². The predicted molar refractivity (Wildman–Crippen MR) is 69.4 cm³/mol. The van der Waals surface area contributed by atoms with Crippen LogP contribution >= 0.6 is 0 Å². The van der Waals surface area contributed by atoms with Crippen LogP contribution in [-0.2, 0) is 11.3 Å². The van der Waals surface area contributed by atoms with Crippen LogP contribution in [0, 0.1) is 5.92 Å². The van der Waals surface area contributed by atoms with Crippen molar-refractivity contribution in [1.29, 1.82) is 0 Å². The van der Waals surface area contributed by atoms with Gasteiger partial charge in [0.05, 0.1) is 6.61 Å². The van der Waals surface area contributed by atoms with Crippen molar-refractivity contribution in [3.8, 4) is 0 Å². The largest absolute Gasteiger partial charge is 0.314 e. The van der Waals surface area contributed by atoms with Crippen LogP contribution < -0.4 is 11.2 Å². The Bertz CT molecular complexity index is 315. The molecule has 1 aliphatic heterocycles. The van der Waals surface area contributed by atoms with Gasteiger partial charge in [-0.1, -0.05) is 30.3 Å². The Morgan fingerprint density at radius 1 is 1.29 bits per heavy atom. The molecular formula is C14H22N2O. The number of hydrogen-bond acceptors (Lipinski definition) is 3. The Balaban J connectivity index is 1.81. The Morgan fingerprint density at radius 2 is 2.12 bits per heavy atom. The molecule has 94 valence electrons. The van der Waals surface area contributed by atoms with Crippen molar-refractivity contribution in [2.75, 3.05) is 13.2 Å². The molecule has 0 spiro atoms. The lowest BCUT2D eigenvalue weighted by Gasteiger charge is -2.30. The first kappa shape index (κ1) is 12.6. The van der Waals surface area contributed by atoms with Gasteiger partial charge in [0.2, 0.25) is 0 Å². The molecular weight excluding hydrogens is 212 g/mol. The van der Waals surface area contributed by atoms with Crippen LogP contribution in [0.4, 0.5) is 0 Å². The summed E-state index contributed by atoms with van der Waals surface area (Å²) >= 11 is 0. The van der Waals surface area contributed by atoms with Crippen molar-refractivity contribution in [1.82, 2.24) is 5.32 Å². The fourth-order valence-corrected chi connectivity index (χ4v) is 2.66. The van der Waals surface area contributed by atoms with E-state index in [1.54, 1.807) is 0 Å². The van der Waals surface area contributed by atoms with E-state index in [1.807, 2.05) is 0 Å².